The number of nitrogens with zero attached hydrogens (tertiary/aromatic N) is 1. The normalized spacial score (nSPS) is 20.7. The molecule has 1 unspecified atom stereocenters. The van der Waals surface area contributed by atoms with E-state index < -0.39 is 0 Å². The van der Waals surface area contributed by atoms with Gasteiger partial charge in [0.1, 0.15) is 6.61 Å². The molecule has 1 aromatic carbocycles. The van der Waals surface area contributed by atoms with Crippen molar-refractivity contribution in [3.63, 3.8) is 0 Å². The summed E-state index contributed by atoms with van der Waals surface area (Å²) < 4.78 is -0.261. The number of carbonyl (C=O) groups is 1. The standard InChI is InChI=1S/C17H21NO2S/c1-17(9-5-11-21-17)16(20)18(2)13-15-7-3-6-14(12-15)8-4-10-19/h3,6-7,12,19H,5,9-11,13H2,1-2H3. The fourth-order valence-corrected chi connectivity index (χ4v) is 3.89. The minimum Gasteiger partial charge on any atom is -0.384 e. The van der Waals surface area contributed by atoms with Crippen molar-refractivity contribution in [3.05, 3.63) is 35.4 Å². The van der Waals surface area contributed by atoms with Gasteiger partial charge < -0.3 is 10.0 Å². The molecule has 4 heteroatoms. The van der Waals surface area contributed by atoms with Gasteiger partial charge in [0.25, 0.3) is 0 Å². The summed E-state index contributed by atoms with van der Waals surface area (Å²) in [6, 6.07) is 7.80. The molecule has 1 saturated heterocycles. The van der Waals surface area contributed by atoms with E-state index in [-0.39, 0.29) is 17.3 Å². The lowest BCUT2D eigenvalue weighted by Gasteiger charge is -2.28. The van der Waals surface area contributed by atoms with Crippen LogP contribution >= 0.6 is 11.8 Å². The van der Waals surface area contributed by atoms with Crippen LogP contribution in [-0.2, 0) is 11.3 Å². The summed E-state index contributed by atoms with van der Waals surface area (Å²) in [5, 5.41) is 8.74. The number of benzene rings is 1. The molecule has 1 heterocycles. The summed E-state index contributed by atoms with van der Waals surface area (Å²) in [5.74, 6) is 6.81. The Kier molecular flexibility index (Phi) is 5.33. The maximum atomic E-state index is 12.6. The lowest BCUT2D eigenvalue weighted by molar-refractivity contribution is -0.132. The highest BCUT2D eigenvalue weighted by Gasteiger charge is 2.38. The van der Waals surface area contributed by atoms with E-state index in [1.165, 1.54) is 0 Å². The average Bonchev–Trinajstić information content (AvgIpc) is 2.92. The number of carbonyl (C=O) groups excluding carboxylic acids is 1. The summed E-state index contributed by atoms with van der Waals surface area (Å²) in [6.45, 7) is 2.49. The van der Waals surface area contributed by atoms with Gasteiger partial charge in [0, 0.05) is 19.2 Å². The molecule has 112 valence electrons. The van der Waals surface area contributed by atoms with Crippen LogP contribution in [0.5, 0.6) is 0 Å². The summed E-state index contributed by atoms with van der Waals surface area (Å²) >= 11 is 1.76. The minimum atomic E-state index is -0.261. The topological polar surface area (TPSA) is 40.5 Å². The average molecular weight is 303 g/mol. The Morgan fingerprint density at radius 1 is 1.52 bits per heavy atom. The van der Waals surface area contributed by atoms with Gasteiger partial charge in [-0.15, -0.1) is 11.8 Å². The molecule has 0 aliphatic carbocycles. The molecular formula is C17H21NO2S. The third-order valence-electron chi connectivity index (χ3n) is 3.68. The Labute approximate surface area is 130 Å². The lowest BCUT2D eigenvalue weighted by atomic mass is 10.0. The van der Waals surface area contributed by atoms with E-state index >= 15 is 0 Å². The van der Waals surface area contributed by atoms with Crippen LogP contribution < -0.4 is 0 Å². The van der Waals surface area contributed by atoms with Gasteiger partial charge in [-0.05, 0) is 43.2 Å². The van der Waals surface area contributed by atoms with E-state index in [0.717, 1.165) is 29.7 Å². The van der Waals surface area contributed by atoms with Gasteiger partial charge in [-0.1, -0.05) is 24.0 Å². The van der Waals surface area contributed by atoms with E-state index in [2.05, 4.69) is 11.8 Å². The molecule has 0 saturated carbocycles. The first-order chi connectivity index (χ1) is 10.0. The quantitative estimate of drug-likeness (QED) is 0.871. The second kappa shape index (κ2) is 7.02. The number of thioether (sulfide) groups is 1. The molecule has 0 aromatic heterocycles. The highest BCUT2D eigenvalue weighted by Crippen LogP contribution is 2.39. The molecule has 1 amide bonds. The lowest BCUT2D eigenvalue weighted by Crippen LogP contribution is -2.41. The molecule has 3 nitrogen and oxygen atoms in total. The van der Waals surface area contributed by atoms with Crippen LogP contribution in [0.15, 0.2) is 24.3 Å². The zero-order chi connectivity index (χ0) is 15.3. The van der Waals surface area contributed by atoms with Gasteiger partial charge >= 0.3 is 0 Å². The van der Waals surface area contributed by atoms with Gasteiger partial charge in [-0.25, -0.2) is 0 Å². The summed E-state index contributed by atoms with van der Waals surface area (Å²) in [6.07, 6.45) is 2.08. The van der Waals surface area contributed by atoms with Crippen molar-refractivity contribution in [2.24, 2.45) is 0 Å². The largest absolute Gasteiger partial charge is 0.384 e. The molecule has 1 N–H and O–H groups in total. The fourth-order valence-electron chi connectivity index (χ4n) is 2.59. The Morgan fingerprint density at radius 2 is 2.33 bits per heavy atom. The molecule has 2 rings (SSSR count). The van der Waals surface area contributed by atoms with Gasteiger partial charge in [0.15, 0.2) is 0 Å². The number of rotatable bonds is 3. The molecule has 1 aliphatic rings. The minimum absolute atomic E-state index is 0.141. The van der Waals surface area contributed by atoms with Crippen molar-refractivity contribution < 1.29 is 9.90 Å². The monoisotopic (exact) mass is 303 g/mol. The predicted octanol–water partition coefficient (Wildman–Crippen LogP) is 2.27. The second-order valence-electron chi connectivity index (χ2n) is 5.50. The molecule has 1 atom stereocenters. The summed E-state index contributed by atoms with van der Waals surface area (Å²) in [7, 11) is 1.86. The molecule has 1 aromatic rings. The fraction of sp³-hybridized carbons (Fsp3) is 0.471. The smallest absolute Gasteiger partial charge is 0.238 e. The van der Waals surface area contributed by atoms with Crippen molar-refractivity contribution in [3.8, 4) is 11.8 Å². The van der Waals surface area contributed by atoms with Crippen LogP contribution in [-0.4, -0.2) is 40.1 Å². The maximum absolute atomic E-state index is 12.6. The molecule has 0 radical (unpaired) electrons. The second-order valence-corrected chi connectivity index (χ2v) is 7.10. The third kappa shape index (κ3) is 4.03. The van der Waals surface area contributed by atoms with E-state index in [4.69, 9.17) is 5.11 Å². The SMILES string of the molecule is CN(Cc1cccc(C#CCO)c1)C(=O)C1(C)CCCS1. The Balaban J connectivity index is 2.05. The van der Waals surface area contributed by atoms with Crippen LogP contribution in [0.25, 0.3) is 0 Å². The van der Waals surface area contributed by atoms with E-state index in [1.807, 2.05) is 38.2 Å². The van der Waals surface area contributed by atoms with Gasteiger partial charge in [-0.3, -0.25) is 4.79 Å². The van der Waals surface area contributed by atoms with Crippen LogP contribution in [0.2, 0.25) is 0 Å². The van der Waals surface area contributed by atoms with Crippen LogP contribution in [0.1, 0.15) is 30.9 Å². The highest BCUT2D eigenvalue weighted by atomic mass is 32.2. The van der Waals surface area contributed by atoms with Gasteiger partial charge in [-0.2, -0.15) is 0 Å². The summed E-state index contributed by atoms with van der Waals surface area (Å²) in [5.41, 5.74) is 1.92. The number of hydrogen-bond acceptors (Lipinski definition) is 3. The van der Waals surface area contributed by atoms with Crippen LogP contribution in [0.3, 0.4) is 0 Å². The first-order valence-corrected chi connectivity index (χ1v) is 8.12. The zero-order valence-corrected chi connectivity index (χ0v) is 13.4. The van der Waals surface area contributed by atoms with E-state index in [9.17, 15) is 4.79 Å². The van der Waals surface area contributed by atoms with E-state index in [1.54, 1.807) is 16.7 Å². The Morgan fingerprint density at radius 3 is 3.00 bits per heavy atom. The molecule has 21 heavy (non-hydrogen) atoms. The predicted molar refractivity (Wildman–Crippen MR) is 87.0 cm³/mol. The van der Waals surface area contributed by atoms with Gasteiger partial charge in [0.2, 0.25) is 5.91 Å². The number of aliphatic hydroxyl groups excluding tert-OH is 1. The first-order valence-electron chi connectivity index (χ1n) is 7.13. The first kappa shape index (κ1) is 15.9. The maximum Gasteiger partial charge on any atom is 0.238 e. The molecule has 1 fully saturated rings. The zero-order valence-electron chi connectivity index (χ0n) is 12.6. The number of aliphatic hydroxyl groups is 1. The molecule has 0 bridgehead atoms. The molecular weight excluding hydrogens is 282 g/mol. The highest BCUT2D eigenvalue weighted by molar-refractivity contribution is 8.01. The van der Waals surface area contributed by atoms with Gasteiger partial charge in [0.05, 0.1) is 4.75 Å². The van der Waals surface area contributed by atoms with Crippen LogP contribution in [0.4, 0.5) is 0 Å². The third-order valence-corrected chi connectivity index (χ3v) is 5.19. The number of hydrogen-bond donors (Lipinski definition) is 1. The van der Waals surface area contributed by atoms with E-state index in [0.29, 0.717) is 6.54 Å². The van der Waals surface area contributed by atoms with Crippen molar-refractivity contribution >= 4 is 17.7 Å². The number of amides is 1. The van der Waals surface area contributed by atoms with Crippen molar-refractivity contribution in [2.75, 3.05) is 19.4 Å². The summed E-state index contributed by atoms with van der Waals surface area (Å²) in [4.78, 5) is 14.4. The molecule has 1 aliphatic heterocycles. The van der Waals surface area contributed by atoms with Crippen molar-refractivity contribution in [1.82, 2.24) is 4.90 Å². The van der Waals surface area contributed by atoms with Crippen molar-refractivity contribution in [1.29, 1.82) is 0 Å². The molecule has 0 spiro atoms. The van der Waals surface area contributed by atoms with Crippen LogP contribution in [0, 0.1) is 11.8 Å². The Bertz CT molecular complexity index is 568. The van der Waals surface area contributed by atoms with Crippen molar-refractivity contribution in [2.45, 2.75) is 31.1 Å². The Hall–Kier alpha value is -1.44.